The van der Waals surface area contributed by atoms with Crippen LogP contribution in [0.1, 0.15) is 6.92 Å². The number of hydrogen-bond acceptors (Lipinski definition) is 23. The molecule has 0 spiro atoms. The third-order valence-corrected chi connectivity index (χ3v) is 9.55. The summed E-state index contributed by atoms with van der Waals surface area (Å²) < 4.78 is 44.6. The number of aliphatic hydroxyl groups is 13. The summed E-state index contributed by atoms with van der Waals surface area (Å²) >= 11 is 0. The van der Waals surface area contributed by atoms with E-state index in [0.717, 1.165) is 6.92 Å². The van der Waals surface area contributed by atoms with Gasteiger partial charge in [0, 0.05) is 6.92 Å². The van der Waals surface area contributed by atoms with Crippen molar-refractivity contribution in [1.82, 2.24) is 10.6 Å². The summed E-state index contributed by atoms with van der Waals surface area (Å²) in [5, 5.41) is 139. The third kappa shape index (κ3) is 10.6. The van der Waals surface area contributed by atoms with E-state index < -0.39 is 168 Å². The number of ether oxygens (including phenoxy) is 8. The highest BCUT2D eigenvalue weighted by molar-refractivity contribution is 5.73. The first kappa shape index (κ1) is 45.8. The molecule has 4 aliphatic heterocycles. The molecule has 0 aromatic rings. The maximum atomic E-state index is 12.1. The predicted octanol–water partition coefficient (Wildman–Crippen LogP) is -10.5. The van der Waals surface area contributed by atoms with Gasteiger partial charge in [0.1, 0.15) is 97.6 Å². The van der Waals surface area contributed by atoms with E-state index in [-0.39, 0.29) is 6.61 Å². The average molecular weight is 809 g/mol. The van der Waals surface area contributed by atoms with Crippen LogP contribution in [-0.4, -0.2) is 247 Å². The highest BCUT2D eigenvalue weighted by Crippen LogP contribution is 2.32. The van der Waals surface area contributed by atoms with Gasteiger partial charge in [-0.05, 0) is 0 Å². The fraction of sp³-hybridized carbons (Fsp3) is 0.933. The van der Waals surface area contributed by atoms with Gasteiger partial charge in [0.15, 0.2) is 25.2 Å². The van der Waals surface area contributed by atoms with Crippen molar-refractivity contribution < 1.29 is 114 Å². The van der Waals surface area contributed by atoms with Gasteiger partial charge in [-0.25, -0.2) is 0 Å². The lowest BCUT2D eigenvalue weighted by atomic mass is 9.95. The minimum atomic E-state index is -2.00. The zero-order valence-electron chi connectivity index (χ0n) is 29.3. The molecule has 4 heterocycles. The lowest BCUT2D eigenvalue weighted by Gasteiger charge is -2.48. The largest absolute Gasteiger partial charge is 0.394 e. The molecule has 0 aliphatic carbocycles. The van der Waals surface area contributed by atoms with Gasteiger partial charge in [-0.2, -0.15) is 0 Å². The fourth-order valence-electron chi connectivity index (χ4n) is 6.43. The summed E-state index contributed by atoms with van der Waals surface area (Å²) in [6.07, 6.45) is -32.7. The van der Waals surface area contributed by atoms with Crippen molar-refractivity contribution in [2.75, 3.05) is 39.6 Å². The molecule has 25 nitrogen and oxygen atoms in total. The third-order valence-electron chi connectivity index (χ3n) is 9.55. The normalized spacial score (nSPS) is 45.8. The van der Waals surface area contributed by atoms with E-state index >= 15 is 0 Å². The molecule has 320 valence electrons. The summed E-state index contributed by atoms with van der Waals surface area (Å²) in [6.45, 7) is -3.09. The van der Waals surface area contributed by atoms with Crippen LogP contribution in [0.2, 0.25) is 0 Å². The Bertz CT molecular complexity index is 1190. The summed E-state index contributed by atoms with van der Waals surface area (Å²) in [5.41, 5.74) is 0. The smallest absolute Gasteiger partial charge is 0.217 e. The molecule has 0 saturated carbocycles. The van der Waals surface area contributed by atoms with Gasteiger partial charge in [-0.15, -0.1) is 0 Å². The van der Waals surface area contributed by atoms with Gasteiger partial charge >= 0.3 is 0 Å². The Balaban J connectivity index is 1.44. The van der Waals surface area contributed by atoms with E-state index in [1.54, 1.807) is 0 Å². The van der Waals surface area contributed by atoms with Crippen molar-refractivity contribution in [2.24, 2.45) is 0 Å². The van der Waals surface area contributed by atoms with E-state index in [9.17, 15) is 76.0 Å². The highest BCUT2D eigenvalue weighted by Gasteiger charge is 2.54. The highest BCUT2D eigenvalue weighted by atomic mass is 16.8. The van der Waals surface area contributed by atoms with Crippen LogP contribution in [0.4, 0.5) is 0 Å². The Kier molecular flexibility index (Phi) is 17.2. The van der Waals surface area contributed by atoms with Crippen LogP contribution in [0.15, 0.2) is 0 Å². The molecule has 4 rings (SSSR count). The first-order chi connectivity index (χ1) is 26.1. The Morgan fingerprint density at radius 1 is 0.600 bits per heavy atom. The zero-order chi connectivity index (χ0) is 40.7. The van der Waals surface area contributed by atoms with Crippen molar-refractivity contribution in [2.45, 2.75) is 136 Å². The summed E-state index contributed by atoms with van der Waals surface area (Å²) in [5.74, 6) is -0.719. The first-order valence-corrected chi connectivity index (χ1v) is 17.3. The summed E-state index contributed by atoms with van der Waals surface area (Å²) in [4.78, 5) is 22.8. The van der Waals surface area contributed by atoms with Crippen molar-refractivity contribution >= 4 is 12.3 Å². The minimum absolute atomic E-state index is 0.303. The lowest BCUT2D eigenvalue weighted by molar-refractivity contribution is -0.367. The molecule has 4 aliphatic rings. The van der Waals surface area contributed by atoms with Gasteiger partial charge in [-0.3, -0.25) is 9.59 Å². The fourth-order valence-corrected chi connectivity index (χ4v) is 6.43. The summed E-state index contributed by atoms with van der Waals surface area (Å²) in [6, 6.07) is -2.42. The van der Waals surface area contributed by atoms with Crippen molar-refractivity contribution in [3.05, 3.63) is 0 Å². The quantitative estimate of drug-likeness (QED) is 0.0607. The number of carbonyl (C=O) groups excluding carboxylic acids is 2. The molecule has 0 aromatic heterocycles. The number of nitrogens with one attached hydrogen (secondary N) is 2. The zero-order valence-corrected chi connectivity index (χ0v) is 29.3. The Morgan fingerprint density at radius 3 is 1.58 bits per heavy atom. The number of carbonyl (C=O) groups is 2. The minimum Gasteiger partial charge on any atom is -0.394 e. The number of aliphatic hydroxyl groups excluding tert-OH is 13. The molecule has 25 heteroatoms. The van der Waals surface area contributed by atoms with Crippen molar-refractivity contribution in [3.63, 3.8) is 0 Å². The molecule has 0 unspecified atom stereocenters. The van der Waals surface area contributed by atoms with Gasteiger partial charge in [-0.1, -0.05) is 0 Å². The Morgan fingerprint density at radius 2 is 1.07 bits per heavy atom. The van der Waals surface area contributed by atoms with Crippen molar-refractivity contribution in [1.29, 1.82) is 0 Å². The molecular formula is C30H52N2O23. The average Bonchev–Trinajstić information content (AvgIpc) is 3.17. The van der Waals surface area contributed by atoms with Crippen molar-refractivity contribution in [3.8, 4) is 0 Å². The number of hydrogen-bond donors (Lipinski definition) is 15. The lowest BCUT2D eigenvalue weighted by Crippen LogP contribution is -2.68. The van der Waals surface area contributed by atoms with E-state index in [0.29, 0.717) is 6.41 Å². The number of rotatable bonds is 17. The van der Waals surface area contributed by atoms with Crippen LogP contribution in [0.3, 0.4) is 0 Å². The molecule has 2 amide bonds. The molecule has 0 aromatic carbocycles. The van der Waals surface area contributed by atoms with Crippen LogP contribution < -0.4 is 10.6 Å². The molecule has 21 atom stereocenters. The summed E-state index contributed by atoms with van der Waals surface area (Å²) in [7, 11) is 0. The first-order valence-electron chi connectivity index (χ1n) is 17.3. The SMILES string of the molecule is CC(=O)N[C@H]1[C@H](OC[C@H]2O[C@@H](O[C@H]3[C@H](O)[C@@H](O)[C@H](OC[C@@H](CO)NC=O)O[C@@H]3CO)[C@H](O)[C@@H](O)[C@H]2O)O[C@H](CO)[C@@H](O[C@@H]2O[C@H](CO)[C@H](O)[C@H](O)[C@H]2O)[C@@H]1O. The molecular weight excluding hydrogens is 756 g/mol. The van der Waals surface area contributed by atoms with Crippen LogP contribution >= 0.6 is 0 Å². The Hall–Kier alpha value is -1.90. The van der Waals surface area contributed by atoms with E-state index in [4.69, 9.17) is 37.9 Å². The van der Waals surface area contributed by atoms with E-state index in [2.05, 4.69) is 10.6 Å². The maximum absolute atomic E-state index is 12.1. The standard InChI is InChI=1S/C30H52N2O23/c1-9(38)32-15-18(41)25(54-29-22(45)19(42)16(39)11(3-34)50-29)12(4-35)51-27(15)49-7-14-17(40)20(43)23(46)30(53-14)55-26-13(5-36)52-28(24(47)21(26)44)48-6-10(2-33)31-8-37/h8,10-30,33-36,39-47H,2-7H2,1H3,(H,31,37)(H,32,38)/t10-,11-,12-,13-,14-,15-,16+,17+,18-,19+,20+,21-,22-,23-,24-,25-,26-,27-,28-,29+,30+/m1/s1. The van der Waals surface area contributed by atoms with Crippen LogP contribution in [0, 0.1) is 0 Å². The van der Waals surface area contributed by atoms with Gasteiger partial charge in [0.2, 0.25) is 12.3 Å². The predicted molar refractivity (Wildman–Crippen MR) is 169 cm³/mol. The second-order valence-electron chi connectivity index (χ2n) is 13.4. The molecule has 55 heavy (non-hydrogen) atoms. The molecule has 4 fully saturated rings. The second-order valence-corrected chi connectivity index (χ2v) is 13.4. The molecule has 4 saturated heterocycles. The van der Waals surface area contributed by atoms with Gasteiger partial charge in [0.25, 0.3) is 0 Å². The number of amides is 2. The topological polar surface area (TPSA) is 395 Å². The maximum Gasteiger partial charge on any atom is 0.217 e. The van der Waals surface area contributed by atoms with E-state index in [1.165, 1.54) is 0 Å². The second kappa shape index (κ2) is 20.7. The molecule has 0 radical (unpaired) electrons. The van der Waals surface area contributed by atoms with Crippen LogP contribution in [0.25, 0.3) is 0 Å². The monoisotopic (exact) mass is 808 g/mol. The van der Waals surface area contributed by atoms with E-state index in [1.807, 2.05) is 0 Å². The Labute approximate surface area is 312 Å². The molecule has 0 bridgehead atoms. The van der Waals surface area contributed by atoms with Gasteiger partial charge in [0.05, 0.1) is 45.7 Å². The van der Waals surface area contributed by atoms with Crippen LogP contribution in [0.5, 0.6) is 0 Å². The van der Waals surface area contributed by atoms with Crippen LogP contribution in [-0.2, 0) is 47.5 Å². The molecule has 15 N–H and O–H groups in total. The van der Waals surface area contributed by atoms with Gasteiger partial charge < -0.3 is 115 Å².